The summed E-state index contributed by atoms with van der Waals surface area (Å²) in [5, 5.41) is 0. The van der Waals surface area contributed by atoms with Gasteiger partial charge in [0.15, 0.2) is 11.5 Å². The summed E-state index contributed by atoms with van der Waals surface area (Å²) in [7, 11) is 3.23. The van der Waals surface area contributed by atoms with Crippen LogP contribution in [0.15, 0.2) is 84.9 Å². The maximum Gasteiger partial charge on any atom is 0.254 e. The SMILES string of the molecule is CCCCN(CC(=O)N(CCc1ccc(OC)c(OC)c1)Cc1ccc(C)s1)C(=O)c1ccc(-c2ccccc2)cc1. The second-order valence-corrected chi connectivity index (χ2v) is 11.7. The normalized spacial score (nSPS) is 10.8. The Morgan fingerprint density at radius 3 is 2.14 bits per heavy atom. The number of thiophene rings is 1. The predicted octanol–water partition coefficient (Wildman–Crippen LogP) is 7.25. The first-order valence-corrected chi connectivity index (χ1v) is 15.2. The van der Waals surface area contributed by atoms with E-state index >= 15 is 0 Å². The molecule has 42 heavy (non-hydrogen) atoms. The van der Waals surface area contributed by atoms with E-state index in [0.29, 0.717) is 43.1 Å². The van der Waals surface area contributed by atoms with Crippen LogP contribution in [-0.4, -0.2) is 55.5 Å². The summed E-state index contributed by atoms with van der Waals surface area (Å²) in [6.07, 6.45) is 2.42. The number of rotatable bonds is 14. The van der Waals surface area contributed by atoms with E-state index in [-0.39, 0.29) is 18.4 Å². The molecule has 1 heterocycles. The average molecular weight is 585 g/mol. The second kappa shape index (κ2) is 15.2. The number of unbranched alkanes of at least 4 members (excludes halogenated alkanes) is 1. The van der Waals surface area contributed by atoms with E-state index in [0.717, 1.165) is 34.4 Å². The minimum atomic E-state index is -0.122. The molecule has 1 aromatic heterocycles. The lowest BCUT2D eigenvalue weighted by Gasteiger charge is -2.28. The first-order valence-electron chi connectivity index (χ1n) is 14.4. The topological polar surface area (TPSA) is 59.1 Å². The Morgan fingerprint density at radius 2 is 1.50 bits per heavy atom. The highest BCUT2D eigenvalue weighted by atomic mass is 32.1. The quantitative estimate of drug-likeness (QED) is 0.157. The van der Waals surface area contributed by atoms with Crippen LogP contribution in [0.25, 0.3) is 11.1 Å². The Morgan fingerprint density at radius 1 is 0.786 bits per heavy atom. The molecule has 4 rings (SSSR count). The van der Waals surface area contributed by atoms with Crippen LogP contribution >= 0.6 is 11.3 Å². The van der Waals surface area contributed by atoms with Gasteiger partial charge in [0.25, 0.3) is 5.91 Å². The molecule has 0 aliphatic carbocycles. The van der Waals surface area contributed by atoms with Crippen molar-refractivity contribution in [1.29, 1.82) is 0 Å². The predicted molar refractivity (Wildman–Crippen MR) is 170 cm³/mol. The van der Waals surface area contributed by atoms with Gasteiger partial charge < -0.3 is 19.3 Å². The molecule has 220 valence electrons. The largest absolute Gasteiger partial charge is 0.493 e. The minimum Gasteiger partial charge on any atom is -0.493 e. The van der Waals surface area contributed by atoms with Crippen LogP contribution in [0.1, 0.15) is 45.4 Å². The van der Waals surface area contributed by atoms with E-state index in [1.807, 2.05) is 65.6 Å². The molecule has 6 nitrogen and oxygen atoms in total. The number of hydrogen-bond donors (Lipinski definition) is 0. The number of methoxy groups -OCH3 is 2. The Bertz CT molecular complexity index is 1450. The summed E-state index contributed by atoms with van der Waals surface area (Å²) < 4.78 is 10.8. The van der Waals surface area contributed by atoms with E-state index < -0.39 is 0 Å². The van der Waals surface area contributed by atoms with Crippen LogP contribution in [0, 0.1) is 6.92 Å². The zero-order chi connectivity index (χ0) is 29.9. The van der Waals surface area contributed by atoms with Gasteiger partial charge in [-0.3, -0.25) is 9.59 Å². The monoisotopic (exact) mass is 584 g/mol. The molecule has 0 saturated heterocycles. The summed E-state index contributed by atoms with van der Waals surface area (Å²) >= 11 is 1.69. The lowest BCUT2D eigenvalue weighted by molar-refractivity contribution is -0.132. The molecule has 0 saturated carbocycles. The van der Waals surface area contributed by atoms with Gasteiger partial charge in [0.1, 0.15) is 6.54 Å². The van der Waals surface area contributed by atoms with Gasteiger partial charge in [0.05, 0.1) is 20.8 Å². The molecule has 3 aromatic carbocycles. The minimum absolute atomic E-state index is 0.0373. The lowest BCUT2D eigenvalue weighted by Crippen LogP contribution is -2.43. The van der Waals surface area contributed by atoms with E-state index in [9.17, 15) is 9.59 Å². The van der Waals surface area contributed by atoms with Crippen molar-refractivity contribution in [2.24, 2.45) is 0 Å². The molecule has 0 N–H and O–H groups in total. The zero-order valence-corrected chi connectivity index (χ0v) is 25.8. The van der Waals surface area contributed by atoms with Crippen LogP contribution < -0.4 is 9.47 Å². The Labute approximate surface area is 253 Å². The molecule has 0 unspecified atom stereocenters. The lowest BCUT2D eigenvalue weighted by atomic mass is 10.0. The van der Waals surface area contributed by atoms with Crippen molar-refractivity contribution in [3.8, 4) is 22.6 Å². The third kappa shape index (κ3) is 8.23. The highest BCUT2D eigenvalue weighted by molar-refractivity contribution is 7.11. The summed E-state index contributed by atoms with van der Waals surface area (Å²) in [5.41, 5.74) is 3.79. The highest BCUT2D eigenvalue weighted by Crippen LogP contribution is 2.28. The van der Waals surface area contributed by atoms with Crippen molar-refractivity contribution in [3.05, 3.63) is 106 Å². The van der Waals surface area contributed by atoms with Gasteiger partial charge in [-0.05, 0) is 72.9 Å². The van der Waals surface area contributed by atoms with Crippen LogP contribution in [0.3, 0.4) is 0 Å². The molecule has 0 aliphatic heterocycles. The number of benzene rings is 3. The van der Waals surface area contributed by atoms with Crippen molar-refractivity contribution in [2.45, 2.75) is 39.7 Å². The number of hydrogen-bond acceptors (Lipinski definition) is 5. The molecule has 0 fully saturated rings. The molecule has 4 aromatic rings. The van der Waals surface area contributed by atoms with E-state index in [1.165, 1.54) is 4.88 Å². The molecule has 0 aliphatic rings. The molecular formula is C35H40N2O4S. The van der Waals surface area contributed by atoms with E-state index in [2.05, 4.69) is 38.1 Å². The fraction of sp³-hybridized carbons (Fsp3) is 0.314. The van der Waals surface area contributed by atoms with Gasteiger partial charge in [-0.1, -0.05) is 61.9 Å². The second-order valence-electron chi connectivity index (χ2n) is 10.3. The molecule has 7 heteroatoms. The first-order chi connectivity index (χ1) is 20.4. The molecule has 0 radical (unpaired) electrons. The fourth-order valence-corrected chi connectivity index (χ4v) is 5.74. The molecule has 0 spiro atoms. The van der Waals surface area contributed by atoms with Gasteiger partial charge in [-0.2, -0.15) is 0 Å². The zero-order valence-electron chi connectivity index (χ0n) is 25.0. The number of carbonyl (C=O) groups is 2. The standard InChI is InChI=1S/C35H40N2O4S/c1-5-6-21-37(35(39)30-16-14-29(15-17-30)28-10-8-7-9-11-28)25-34(38)36(24-31-18-12-26(2)42-31)22-20-27-13-19-32(40-3)33(23-27)41-4/h7-19,23H,5-6,20-22,24-25H2,1-4H3. The number of aryl methyl sites for hydroxylation is 1. The third-order valence-electron chi connectivity index (χ3n) is 7.25. The molecular weight excluding hydrogens is 544 g/mol. The average Bonchev–Trinajstić information content (AvgIpc) is 3.45. The van der Waals surface area contributed by atoms with Crippen molar-refractivity contribution in [1.82, 2.24) is 9.80 Å². The van der Waals surface area contributed by atoms with Crippen LogP contribution in [0.4, 0.5) is 0 Å². The smallest absolute Gasteiger partial charge is 0.254 e. The Hall–Kier alpha value is -4.10. The number of nitrogens with zero attached hydrogens (tertiary/aromatic N) is 2. The van der Waals surface area contributed by atoms with Gasteiger partial charge in [-0.15, -0.1) is 11.3 Å². The maximum atomic E-state index is 13.8. The number of amides is 2. The number of carbonyl (C=O) groups excluding carboxylic acids is 2. The van der Waals surface area contributed by atoms with Gasteiger partial charge >= 0.3 is 0 Å². The van der Waals surface area contributed by atoms with Crippen molar-refractivity contribution in [2.75, 3.05) is 33.9 Å². The summed E-state index contributed by atoms with van der Waals surface area (Å²) in [6, 6.07) is 27.7. The van der Waals surface area contributed by atoms with Crippen LogP contribution in [-0.2, 0) is 17.8 Å². The van der Waals surface area contributed by atoms with Crippen molar-refractivity contribution in [3.63, 3.8) is 0 Å². The van der Waals surface area contributed by atoms with Crippen LogP contribution in [0.5, 0.6) is 11.5 Å². The first kappa shape index (κ1) is 30.8. The maximum absolute atomic E-state index is 13.8. The summed E-state index contributed by atoms with van der Waals surface area (Å²) in [4.78, 5) is 33.4. The van der Waals surface area contributed by atoms with Gasteiger partial charge in [-0.25, -0.2) is 0 Å². The Kier molecular flexibility index (Phi) is 11.2. The van der Waals surface area contributed by atoms with Crippen LogP contribution in [0.2, 0.25) is 0 Å². The fourth-order valence-electron chi connectivity index (χ4n) is 4.83. The highest BCUT2D eigenvalue weighted by Gasteiger charge is 2.23. The number of ether oxygens (including phenoxy) is 2. The van der Waals surface area contributed by atoms with E-state index in [4.69, 9.17) is 9.47 Å². The molecule has 0 bridgehead atoms. The van der Waals surface area contributed by atoms with Crippen molar-refractivity contribution < 1.29 is 19.1 Å². The molecule has 0 atom stereocenters. The molecule has 2 amide bonds. The third-order valence-corrected chi connectivity index (χ3v) is 8.23. The van der Waals surface area contributed by atoms with Crippen molar-refractivity contribution >= 4 is 23.2 Å². The summed E-state index contributed by atoms with van der Waals surface area (Å²) in [6.45, 7) is 5.75. The van der Waals surface area contributed by atoms with Gasteiger partial charge in [0, 0.05) is 28.4 Å². The summed E-state index contributed by atoms with van der Waals surface area (Å²) in [5.74, 6) is 1.15. The Balaban J connectivity index is 1.51. The van der Waals surface area contributed by atoms with Gasteiger partial charge in [0.2, 0.25) is 5.91 Å². The van der Waals surface area contributed by atoms with E-state index in [1.54, 1.807) is 30.5 Å².